The van der Waals surface area contributed by atoms with E-state index in [1.807, 2.05) is 39.1 Å². The van der Waals surface area contributed by atoms with E-state index in [2.05, 4.69) is 20.3 Å². The fourth-order valence-corrected chi connectivity index (χ4v) is 2.87. The predicted octanol–water partition coefficient (Wildman–Crippen LogP) is 3.78. The van der Waals surface area contributed by atoms with Crippen LogP contribution in [0.25, 0.3) is 0 Å². The van der Waals surface area contributed by atoms with Gasteiger partial charge in [-0.15, -0.1) is 11.3 Å². The molecule has 0 amide bonds. The van der Waals surface area contributed by atoms with Gasteiger partial charge in [0.2, 0.25) is 0 Å². The first-order chi connectivity index (χ1) is 6.80. The summed E-state index contributed by atoms with van der Waals surface area (Å²) in [6.45, 7) is 7.65. The zero-order chi connectivity index (χ0) is 11.6. The third kappa shape index (κ3) is 3.90. The molecule has 0 aliphatic carbocycles. The van der Waals surface area contributed by atoms with Gasteiger partial charge in [-0.25, -0.2) is 0 Å². The minimum Gasteiger partial charge on any atom is -0.591 e. The first-order valence-corrected chi connectivity index (χ1v) is 7.30. The van der Waals surface area contributed by atoms with Crippen LogP contribution in [0.1, 0.15) is 32.6 Å². The molecule has 1 rings (SSSR count). The number of hydrogen-bond acceptors (Lipinski definition) is 3. The van der Waals surface area contributed by atoms with Gasteiger partial charge in [0.05, 0.1) is 4.88 Å². The third-order valence-corrected chi connectivity index (χ3v) is 4.96. The maximum atomic E-state index is 11.8. The van der Waals surface area contributed by atoms with Gasteiger partial charge in [0.15, 0.2) is 0 Å². The Balaban J connectivity index is 2.85. The lowest BCUT2D eigenvalue weighted by Crippen LogP contribution is -2.26. The second-order valence-corrected chi connectivity index (χ2v) is 7.90. The number of thiophene rings is 1. The summed E-state index contributed by atoms with van der Waals surface area (Å²) in [6, 6.07) is 1.99. The van der Waals surface area contributed by atoms with E-state index in [-0.39, 0.29) is 4.75 Å². The summed E-state index contributed by atoms with van der Waals surface area (Å²) in [7, 11) is 0. The van der Waals surface area contributed by atoms with Crippen molar-refractivity contribution in [3.8, 4) is 0 Å². The van der Waals surface area contributed by atoms with Crippen LogP contribution >= 0.6 is 27.3 Å². The summed E-state index contributed by atoms with van der Waals surface area (Å²) in [5.41, 5.74) is 0.832. The minimum absolute atomic E-state index is 0.296. The van der Waals surface area contributed by atoms with Crippen molar-refractivity contribution in [1.82, 2.24) is 0 Å². The molecule has 0 fully saturated rings. The van der Waals surface area contributed by atoms with Gasteiger partial charge >= 0.3 is 0 Å². The lowest BCUT2D eigenvalue weighted by atomic mass is 10.3. The third-order valence-electron chi connectivity index (χ3n) is 1.67. The van der Waals surface area contributed by atoms with E-state index in [0.29, 0.717) is 0 Å². The van der Waals surface area contributed by atoms with Gasteiger partial charge in [-0.2, -0.15) is 0 Å². The Bertz CT molecular complexity index is 368. The largest absolute Gasteiger partial charge is 0.591 e. The van der Waals surface area contributed by atoms with Crippen LogP contribution < -0.4 is 0 Å². The minimum atomic E-state index is -1.18. The molecule has 0 spiro atoms. The summed E-state index contributed by atoms with van der Waals surface area (Å²) in [6.07, 6.45) is 0. The zero-order valence-electron chi connectivity index (χ0n) is 9.20. The van der Waals surface area contributed by atoms with Crippen molar-refractivity contribution in [2.24, 2.45) is 4.40 Å². The molecule has 0 N–H and O–H groups in total. The second-order valence-electron chi connectivity index (χ2n) is 4.17. The molecule has 0 saturated heterocycles. The van der Waals surface area contributed by atoms with Crippen molar-refractivity contribution >= 4 is 44.3 Å². The highest BCUT2D eigenvalue weighted by Gasteiger charge is 2.26. The van der Waals surface area contributed by atoms with Crippen LogP contribution in [0.15, 0.2) is 20.3 Å². The lowest BCUT2D eigenvalue weighted by molar-refractivity contribution is 0.561. The van der Waals surface area contributed by atoms with Crippen LogP contribution in [0.3, 0.4) is 0 Å². The molecule has 0 aliphatic rings. The van der Waals surface area contributed by atoms with Crippen LogP contribution in [-0.4, -0.2) is 15.0 Å². The summed E-state index contributed by atoms with van der Waals surface area (Å²) in [4.78, 5) is 1.06. The zero-order valence-corrected chi connectivity index (χ0v) is 12.4. The van der Waals surface area contributed by atoms with Crippen molar-refractivity contribution in [3.05, 3.63) is 20.8 Å². The molecule has 0 unspecified atom stereocenters. The highest BCUT2D eigenvalue weighted by molar-refractivity contribution is 9.10. The average Bonchev–Trinajstić information content (AvgIpc) is 2.50. The Hall–Kier alpha value is 0.160. The molecule has 1 atom stereocenters. The molecule has 0 aromatic carbocycles. The summed E-state index contributed by atoms with van der Waals surface area (Å²) < 4.78 is 16.7. The maximum absolute atomic E-state index is 11.8. The first-order valence-electron chi connectivity index (χ1n) is 4.52. The van der Waals surface area contributed by atoms with Gasteiger partial charge in [-0.05, 0) is 49.7 Å². The fraction of sp³-hybridized carbons (Fsp3) is 0.500. The molecule has 2 nitrogen and oxygen atoms in total. The molecule has 0 saturated carbocycles. The van der Waals surface area contributed by atoms with Crippen LogP contribution in [0.2, 0.25) is 0 Å². The number of nitrogens with zero attached hydrogens (tertiary/aromatic N) is 1. The van der Waals surface area contributed by atoms with Crippen molar-refractivity contribution in [1.29, 1.82) is 0 Å². The van der Waals surface area contributed by atoms with Gasteiger partial charge < -0.3 is 4.55 Å². The molecule has 0 bridgehead atoms. The van der Waals surface area contributed by atoms with Crippen molar-refractivity contribution in [2.45, 2.75) is 32.4 Å². The molecule has 1 aromatic rings. The Morgan fingerprint density at radius 3 is 2.53 bits per heavy atom. The highest BCUT2D eigenvalue weighted by atomic mass is 79.9. The number of halogens is 1. The Kier molecular flexibility index (Phi) is 4.40. The molecule has 0 radical (unpaired) electrons. The maximum Gasteiger partial charge on any atom is 0.144 e. The van der Waals surface area contributed by atoms with Gasteiger partial charge in [-0.1, -0.05) is 4.40 Å². The van der Waals surface area contributed by atoms with E-state index in [0.717, 1.165) is 15.1 Å². The topological polar surface area (TPSA) is 35.4 Å². The summed E-state index contributed by atoms with van der Waals surface area (Å²) >= 11 is 3.80. The fourth-order valence-electron chi connectivity index (χ4n) is 0.809. The quantitative estimate of drug-likeness (QED) is 0.605. The average molecular weight is 308 g/mol. The molecular formula is C10H14BrNOS2. The van der Waals surface area contributed by atoms with E-state index in [1.165, 1.54) is 0 Å². The van der Waals surface area contributed by atoms with Crippen molar-refractivity contribution in [3.63, 3.8) is 0 Å². The molecule has 1 heterocycles. The normalized spacial score (nSPS) is 15.5. The lowest BCUT2D eigenvalue weighted by Gasteiger charge is -2.18. The van der Waals surface area contributed by atoms with Crippen LogP contribution in [0.5, 0.6) is 0 Å². The van der Waals surface area contributed by atoms with Gasteiger partial charge in [-0.3, -0.25) is 0 Å². The molecule has 1 aromatic heterocycles. The van der Waals surface area contributed by atoms with E-state index in [1.54, 1.807) is 11.3 Å². The van der Waals surface area contributed by atoms with Crippen molar-refractivity contribution < 1.29 is 4.55 Å². The Morgan fingerprint density at radius 1 is 1.53 bits per heavy atom. The molecule has 0 aliphatic heterocycles. The van der Waals surface area contributed by atoms with E-state index in [4.69, 9.17) is 0 Å². The molecular weight excluding hydrogens is 294 g/mol. The van der Waals surface area contributed by atoms with Gasteiger partial charge in [0.1, 0.15) is 21.8 Å². The van der Waals surface area contributed by atoms with Crippen LogP contribution in [-0.2, 0) is 11.4 Å². The molecule has 5 heteroatoms. The predicted molar refractivity (Wildman–Crippen MR) is 72.1 cm³/mol. The Labute approximate surface area is 106 Å². The molecule has 84 valence electrons. The standard InChI is InChI=1S/C10H14BrNOS2/c1-7(9-5-8(11)6-14-9)12-15(13)10(2,3)4/h5-6H,1-4H3/t15-/m0/s1. The van der Waals surface area contributed by atoms with E-state index < -0.39 is 11.4 Å². The highest BCUT2D eigenvalue weighted by Crippen LogP contribution is 2.23. The summed E-state index contributed by atoms with van der Waals surface area (Å²) in [5, 5.41) is 1.99. The van der Waals surface area contributed by atoms with E-state index >= 15 is 0 Å². The Morgan fingerprint density at radius 2 is 2.13 bits per heavy atom. The number of rotatable bonds is 2. The van der Waals surface area contributed by atoms with Crippen LogP contribution in [0, 0.1) is 0 Å². The number of hydrogen-bond donors (Lipinski definition) is 0. The monoisotopic (exact) mass is 307 g/mol. The second kappa shape index (κ2) is 4.99. The van der Waals surface area contributed by atoms with Gasteiger partial charge in [0, 0.05) is 9.85 Å². The first kappa shape index (κ1) is 13.2. The van der Waals surface area contributed by atoms with Gasteiger partial charge in [0.25, 0.3) is 0 Å². The summed E-state index contributed by atoms with van der Waals surface area (Å²) in [5.74, 6) is 0. The van der Waals surface area contributed by atoms with Crippen LogP contribution in [0.4, 0.5) is 0 Å². The smallest absolute Gasteiger partial charge is 0.144 e. The molecule has 15 heavy (non-hydrogen) atoms. The SMILES string of the molecule is CC(=N[S@@+]([O-])C(C)(C)C)c1cc(Br)cs1. The van der Waals surface area contributed by atoms with Crippen molar-refractivity contribution in [2.75, 3.05) is 0 Å². The van der Waals surface area contributed by atoms with E-state index in [9.17, 15) is 4.55 Å².